The molecular weight excluding hydrogens is 284 g/mol. The zero-order valence-corrected chi connectivity index (χ0v) is 14.4. The number of carbonyl (C=O) groups is 1. The van der Waals surface area contributed by atoms with Crippen LogP contribution in [0.3, 0.4) is 0 Å². The van der Waals surface area contributed by atoms with Gasteiger partial charge in [0.25, 0.3) is 0 Å². The van der Waals surface area contributed by atoms with Gasteiger partial charge in [-0.05, 0) is 18.2 Å². The molecule has 3 nitrogen and oxygen atoms in total. The second kappa shape index (κ2) is 7.93. The topological polar surface area (TPSA) is 32.3 Å². The second-order valence-electron chi connectivity index (χ2n) is 6.14. The van der Waals surface area contributed by atoms with Gasteiger partial charge in [-0.15, -0.1) is 0 Å². The zero-order valence-electron chi connectivity index (χ0n) is 14.4. The lowest BCUT2D eigenvalue weighted by atomic mass is 9.91. The first-order valence-electron chi connectivity index (χ1n) is 8.10. The van der Waals surface area contributed by atoms with E-state index < -0.39 is 0 Å². The van der Waals surface area contributed by atoms with Crippen molar-refractivity contribution in [2.75, 3.05) is 14.1 Å². The summed E-state index contributed by atoms with van der Waals surface area (Å²) in [4.78, 5) is 14.5. The van der Waals surface area contributed by atoms with E-state index in [1.54, 1.807) is 0 Å². The van der Waals surface area contributed by atoms with Gasteiger partial charge in [0.2, 0.25) is 5.91 Å². The molecule has 0 bridgehead atoms. The van der Waals surface area contributed by atoms with Gasteiger partial charge in [0, 0.05) is 13.0 Å². The van der Waals surface area contributed by atoms with Crippen molar-refractivity contribution in [1.82, 2.24) is 10.2 Å². The average molecular weight is 310 g/mol. The van der Waals surface area contributed by atoms with E-state index >= 15 is 0 Å². The molecule has 23 heavy (non-hydrogen) atoms. The number of carbonyl (C=O) groups excluding carboxylic acids is 1. The first-order valence-corrected chi connectivity index (χ1v) is 8.10. The molecule has 0 aliphatic carbocycles. The van der Waals surface area contributed by atoms with Crippen molar-refractivity contribution in [3.05, 3.63) is 71.8 Å². The van der Waals surface area contributed by atoms with Gasteiger partial charge in [-0.3, -0.25) is 4.79 Å². The molecule has 0 spiro atoms. The first kappa shape index (κ1) is 17.2. The molecule has 3 heteroatoms. The minimum absolute atomic E-state index is 0.0282. The fraction of sp³-hybridized carbons (Fsp3) is 0.350. The molecule has 122 valence electrons. The number of amides is 1. The summed E-state index contributed by atoms with van der Waals surface area (Å²) < 4.78 is 0. The number of benzene rings is 2. The van der Waals surface area contributed by atoms with Crippen LogP contribution in [0.15, 0.2) is 60.7 Å². The van der Waals surface area contributed by atoms with E-state index in [-0.39, 0.29) is 23.9 Å². The molecule has 0 radical (unpaired) electrons. The van der Waals surface area contributed by atoms with Gasteiger partial charge in [-0.25, -0.2) is 0 Å². The number of rotatable bonds is 6. The minimum Gasteiger partial charge on any atom is -0.337 e. The third kappa shape index (κ3) is 3.99. The quantitative estimate of drug-likeness (QED) is 0.880. The predicted molar refractivity (Wildman–Crippen MR) is 95.0 cm³/mol. The summed E-state index contributed by atoms with van der Waals surface area (Å²) in [6, 6.07) is 20.5. The number of likely N-dealkylation sites (N-methyl/N-ethyl adjacent to an activating group) is 2. The Morgan fingerprint density at radius 1 is 0.913 bits per heavy atom. The minimum atomic E-state index is -0.0569. The van der Waals surface area contributed by atoms with Crippen molar-refractivity contribution in [3.8, 4) is 0 Å². The number of hydrogen-bond donors (Lipinski definition) is 1. The smallest absolute Gasteiger partial charge is 0.225 e. The van der Waals surface area contributed by atoms with Crippen LogP contribution >= 0.6 is 0 Å². The molecule has 0 saturated heterocycles. The SMILES string of the molecule is CN[C@@H](c1ccccc1)[C@@H](c1ccccc1)N(C)C(=O)C(C)C. The highest BCUT2D eigenvalue weighted by atomic mass is 16.2. The van der Waals surface area contributed by atoms with Crippen LogP contribution in [0.25, 0.3) is 0 Å². The van der Waals surface area contributed by atoms with E-state index in [2.05, 4.69) is 29.6 Å². The molecule has 1 N–H and O–H groups in total. The molecule has 2 aromatic rings. The Morgan fingerprint density at radius 2 is 1.39 bits per heavy atom. The van der Waals surface area contributed by atoms with Crippen LogP contribution in [0.2, 0.25) is 0 Å². The standard InChI is InChI=1S/C20H26N2O/c1-15(2)20(23)22(4)19(17-13-9-6-10-14-17)18(21-3)16-11-7-5-8-12-16/h5-15,18-19,21H,1-4H3/t18-,19+/m0/s1. The highest BCUT2D eigenvalue weighted by Gasteiger charge is 2.30. The van der Waals surface area contributed by atoms with Gasteiger partial charge in [0.1, 0.15) is 0 Å². The lowest BCUT2D eigenvalue weighted by Gasteiger charge is -2.36. The Bertz CT molecular complexity index is 610. The van der Waals surface area contributed by atoms with Crippen molar-refractivity contribution in [3.63, 3.8) is 0 Å². The Hall–Kier alpha value is -2.13. The van der Waals surface area contributed by atoms with Gasteiger partial charge in [0.15, 0.2) is 0 Å². The summed E-state index contributed by atoms with van der Waals surface area (Å²) in [5.41, 5.74) is 2.31. The molecule has 0 saturated carbocycles. The lowest BCUT2D eigenvalue weighted by molar-refractivity contribution is -0.136. The molecule has 2 aromatic carbocycles. The lowest BCUT2D eigenvalue weighted by Crippen LogP contribution is -2.40. The fourth-order valence-electron chi connectivity index (χ4n) is 3.00. The van der Waals surface area contributed by atoms with E-state index in [9.17, 15) is 4.79 Å². The number of hydrogen-bond acceptors (Lipinski definition) is 2. The molecular formula is C20H26N2O. The molecule has 0 unspecified atom stereocenters. The van der Waals surface area contributed by atoms with E-state index in [1.165, 1.54) is 5.56 Å². The van der Waals surface area contributed by atoms with Crippen molar-refractivity contribution in [2.24, 2.45) is 5.92 Å². The van der Waals surface area contributed by atoms with Gasteiger partial charge in [-0.2, -0.15) is 0 Å². The molecule has 0 heterocycles. The summed E-state index contributed by atoms with van der Waals surface area (Å²) in [5, 5.41) is 3.40. The largest absolute Gasteiger partial charge is 0.337 e. The summed E-state index contributed by atoms with van der Waals surface area (Å²) in [5.74, 6) is 0.120. The van der Waals surface area contributed by atoms with Gasteiger partial charge in [-0.1, -0.05) is 74.5 Å². The molecule has 2 atom stereocenters. The van der Waals surface area contributed by atoms with E-state index in [1.807, 2.05) is 69.2 Å². The fourth-order valence-corrected chi connectivity index (χ4v) is 3.00. The van der Waals surface area contributed by atoms with Gasteiger partial charge in [0.05, 0.1) is 12.1 Å². The maximum Gasteiger partial charge on any atom is 0.225 e. The third-order valence-electron chi connectivity index (χ3n) is 4.19. The Balaban J connectivity index is 2.46. The normalized spacial score (nSPS) is 13.6. The summed E-state index contributed by atoms with van der Waals surface area (Å²) in [7, 11) is 3.84. The van der Waals surface area contributed by atoms with Crippen LogP contribution < -0.4 is 5.32 Å². The Labute approximate surface area is 139 Å². The van der Waals surface area contributed by atoms with Crippen LogP contribution in [-0.2, 0) is 4.79 Å². The van der Waals surface area contributed by atoms with Crippen LogP contribution in [0.4, 0.5) is 0 Å². The molecule has 1 amide bonds. The predicted octanol–water partition coefficient (Wildman–Crippen LogP) is 3.80. The van der Waals surface area contributed by atoms with Gasteiger partial charge < -0.3 is 10.2 Å². The van der Waals surface area contributed by atoms with E-state index in [0.717, 1.165) is 5.56 Å². The van der Waals surface area contributed by atoms with Crippen LogP contribution in [0.5, 0.6) is 0 Å². The molecule has 0 aliphatic heterocycles. The third-order valence-corrected chi connectivity index (χ3v) is 4.19. The van der Waals surface area contributed by atoms with Crippen LogP contribution in [0, 0.1) is 5.92 Å². The number of nitrogens with one attached hydrogen (secondary N) is 1. The van der Waals surface area contributed by atoms with E-state index in [0.29, 0.717) is 0 Å². The Kier molecular flexibility index (Phi) is 5.94. The Morgan fingerprint density at radius 3 is 1.83 bits per heavy atom. The average Bonchev–Trinajstić information content (AvgIpc) is 2.59. The van der Waals surface area contributed by atoms with Crippen LogP contribution in [-0.4, -0.2) is 24.9 Å². The highest BCUT2D eigenvalue weighted by molar-refractivity contribution is 5.78. The molecule has 2 rings (SSSR count). The van der Waals surface area contributed by atoms with Crippen molar-refractivity contribution in [2.45, 2.75) is 25.9 Å². The molecule has 0 fully saturated rings. The summed E-state index contributed by atoms with van der Waals surface area (Å²) in [6.07, 6.45) is 0. The van der Waals surface area contributed by atoms with Crippen LogP contribution in [0.1, 0.15) is 37.1 Å². The number of nitrogens with zero attached hydrogens (tertiary/aromatic N) is 1. The zero-order chi connectivity index (χ0) is 16.8. The maximum atomic E-state index is 12.6. The molecule has 0 aliphatic rings. The monoisotopic (exact) mass is 310 g/mol. The van der Waals surface area contributed by atoms with Gasteiger partial charge >= 0.3 is 0 Å². The van der Waals surface area contributed by atoms with E-state index in [4.69, 9.17) is 0 Å². The molecule has 0 aromatic heterocycles. The van der Waals surface area contributed by atoms with Crippen molar-refractivity contribution in [1.29, 1.82) is 0 Å². The summed E-state index contributed by atoms with van der Waals surface area (Å²) >= 11 is 0. The van der Waals surface area contributed by atoms with Crippen molar-refractivity contribution >= 4 is 5.91 Å². The van der Waals surface area contributed by atoms with Crippen molar-refractivity contribution < 1.29 is 4.79 Å². The first-order chi connectivity index (χ1) is 11.1. The summed E-state index contributed by atoms with van der Waals surface area (Å²) in [6.45, 7) is 3.88. The second-order valence-corrected chi connectivity index (χ2v) is 6.14. The highest BCUT2D eigenvalue weighted by Crippen LogP contribution is 2.33. The maximum absolute atomic E-state index is 12.6.